The van der Waals surface area contributed by atoms with Crippen molar-refractivity contribution in [2.45, 2.75) is 50.6 Å². The maximum Gasteiger partial charge on any atom is 0.269 e. The molecule has 1 heterocycles. The molecule has 1 aromatic rings. The van der Waals surface area contributed by atoms with Gasteiger partial charge in [0.15, 0.2) is 0 Å². The minimum atomic E-state index is -0.445. The molecule has 2 aliphatic rings. The Hall–Kier alpha value is -1.91. The number of rotatable bonds is 2. The predicted octanol–water partition coefficient (Wildman–Crippen LogP) is 3.14. The average molecular weight is 274 g/mol. The van der Waals surface area contributed by atoms with Crippen molar-refractivity contribution < 1.29 is 9.72 Å². The van der Waals surface area contributed by atoms with Crippen molar-refractivity contribution in [3.8, 4) is 0 Å². The van der Waals surface area contributed by atoms with Crippen molar-refractivity contribution in [1.82, 2.24) is 4.90 Å². The summed E-state index contributed by atoms with van der Waals surface area (Å²) in [5.41, 5.74) is 0.584. The summed E-state index contributed by atoms with van der Waals surface area (Å²) in [6.07, 6.45) is 7.13. The van der Waals surface area contributed by atoms with Crippen LogP contribution in [0.25, 0.3) is 0 Å². The largest absolute Gasteiger partial charge is 0.329 e. The van der Waals surface area contributed by atoms with E-state index >= 15 is 0 Å². The standard InChI is InChI=1S/C15H18N2O3/c18-15(11-7-9-12(10-8-11)17(19)20)16-13-5-3-1-2-4-6-14(13)16/h7-10,13-14H,1-6H2/t13-,14-/m0/s1. The molecule has 5 nitrogen and oxygen atoms in total. The number of carbonyl (C=O) groups excluding carboxylic acids is 1. The maximum absolute atomic E-state index is 12.4. The molecule has 0 spiro atoms. The van der Waals surface area contributed by atoms with Gasteiger partial charge in [0.2, 0.25) is 0 Å². The van der Waals surface area contributed by atoms with E-state index in [2.05, 4.69) is 0 Å². The number of hydrogen-bond acceptors (Lipinski definition) is 3. The third-order valence-electron chi connectivity index (χ3n) is 4.38. The Balaban J connectivity index is 1.71. The number of carbonyl (C=O) groups is 1. The van der Waals surface area contributed by atoms with E-state index in [0.717, 1.165) is 12.8 Å². The molecule has 1 aliphatic carbocycles. The van der Waals surface area contributed by atoms with Crippen molar-refractivity contribution in [3.63, 3.8) is 0 Å². The van der Waals surface area contributed by atoms with Crippen molar-refractivity contribution in [1.29, 1.82) is 0 Å². The van der Waals surface area contributed by atoms with Gasteiger partial charge in [-0.1, -0.05) is 25.7 Å². The van der Waals surface area contributed by atoms with Crippen LogP contribution in [-0.4, -0.2) is 27.8 Å². The Morgan fingerprint density at radius 2 is 1.60 bits per heavy atom. The molecule has 5 heteroatoms. The van der Waals surface area contributed by atoms with Gasteiger partial charge in [0.25, 0.3) is 11.6 Å². The normalized spacial score (nSPS) is 25.3. The third-order valence-corrected chi connectivity index (χ3v) is 4.38. The van der Waals surface area contributed by atoms with Crippen LogP contribution in [0.15, 0.2) is 24.3 Å². The lowest BCUT2D eigenvalue weighted by Gasteiger charge is -2.04. The van der Waals surface area contributed by atoms with Gasteiger partial charge in [-0.2, -0.15) is 0 Å². The zero-order valence-electron chi connectivity index (χ0n) is 11.3. The monoisotopic (exact) mass is 274 g/mol. The van der Waals surface area contributed by atoms with Gasteiger partial charge in [-0.05, 0) is 25.0 Å². The SMILES string of the molecule is O=C(c1ccc([N+](=O)[O-])cc1)N1[C@H]2CCCCCC[C@@H]21. The number of benzene rings is 1. The fourth-order valence-electron chi connectivity index (χ4n) is 3.23. The number of amides is 1. The van der Waals surface area contributed by atoms with E-state index in [-0.39, 0.29) is 11.6 Å². The van der Waals surface area contributed by atoms with Crippen LogP contribution >= 0.6 is 0 Å². The van der Waals surface area contributed by atoms with E-state index in [0.29, 0.717) is 17.6 Å². The minimum absolute atomic E-state index is 0.0248. The number of nitro benzene ring substituents is 1. The predicted molar refractivity (Wildman–Crippen MR) is 74.5 cm³/mol. The van der Waals surface area contributed by atoms with E-state index < -0.39 is 4.92 Å². The molecule has 2 fully saturated rings. The van der Waals surface area contributed by atoms with Gasteiger partial charge in [0.05, 0.1) is 17.0 Å². The fourth-order valence-corrected chi connectivity index (χ4v) is 3.23. The fraction of sp³-hybridized carbons (Fsp3) is 0.533. The number of fused-ring (bicyclic) bond motifs is 1. The Bertz CT molecular complexity index is 512. The minimum Gasteiger partial charge on any atom is -0.329 e. The molecule has 1 amide bonds. The molecule has 106 valence electrons. The van der Waals surface area contributed by atoms with Crippen LogP contribution in [0, 0.1) is 10.1 Å². The molecule has 0 bridgehead atoms. The average Bonchev–Trinajstić information content (AvgIpc) is 3.09. The van der Waals surface area contributed by atoms with Crippen LogP contribution in [0.5, 0.6) is 0 Å². The molecule has 20 heavy (non-hydrogen) atoms. The van der Waals surface area contributed by atoms with Gasteiger partial charge < -0.3 is 4.90 Å². The second-order valence-corrected chi connectivity index (χ2v) is 5.64. The molecule has 1 aliphatic heterocycles. The number of hydrogen-bond donors (Lipinski definition) is 0. The Labute approximate surface area is 117 Å². The van der Waals surface area contributed by atoms with Crippen molar-refractivity contribution in [3.05, 3.63) is 39.9 Å². The van der Waals surface area contributed by atoms with Gasteiger partial charge in [-0.15, -0.1) is 0 Å². The molecule has 0 radical (unpaired) electrons. The second-order valence-electron chi connectivity index (χ2n) is 5.64. The lowest BCUT2D eigenvalue weighted by molar-refractivity contribution is -0.384. The topological polar surface area (TPSA) is 63.2 Å². The molecule has 2 atom stereocenters. The number of nitro groups is 1. The van der Waals surface area contributed by atoms with Gasteiger partial charge in [0.1, 0.15) is 0 Å². The van der Waals surface area contributed by atoms with Crippen LogP contribution < -0.4 is 0 Å². The lowest BCUT2D eigenvalue weighted by Crippen LogP contribution is -2.15. The summed E-state index contributed by atoms with van der Waals surface area (Å²) in [6.45, 7) is 0. The lowest BCUT2D eigenvalue weighted by atomic mass is 10.0. The summed E-state index contributed by atoms with van der Waals surface area (Å²) in [7, 11) is 0. The smallest absolute Gasteiger partial charge is 0.269 e. The van der Waals surface area contributed by atoms with Crippen LogP contribution in [-0.2, 0) is 0 Å². The molecule has 1 aromatic carbocycles. The first kappa shape index (κ1) is 13.1. The van der Waals surface area contributed by atoms with E-state index in [9.17, 15) is 14.9 Å². The molecule has 1 saturated heterocycles. The number of non-ortho nitro benzene ring substituents is 1. The zero-order chi connectivity index (χ0) is 14.1. The van der Waals surface area contributed by atoms with E-state index in [1.165, 1.54) is 37.8 Å². The molecule has 0 unspecified atom stereocenters. The summed E-state index contributed by atoms with van der Waals surface area (Å²) in [5.74, 6) is 0.0248. The Morgan fingerprint density at radius 3 is 2.10 bits per heavy atom. The highest BCUT2D eigenvalue weighted by molar-refractivity contribution is 5.96. The summed E-state index contributed by atoms with van der Waals surface area (Å²) in [6, 6.07) is 6.73. The van der Waals surface area contributed by atoms with Gasteiger partial charge in [0, 0.05) is 17.7 Å². The Kier molecular flexibility index (Phi) is 3.42. The second kappa shape index (κ2) is 5.23. The highest BCUT2D eigenvalue weighted by atomic mass is 16.6. The Morgan fingerprint density at radius 1 is 1.05 bits per heavy atom. The summed E-state index contributed by atoms with van der Waals surface area (Å²) < 4.78 is 0. The van der Waals surface area contributed by atoms with Crippen molar-refractivity contribution in [2.24, 2.45) is 0 Å². The molecular weight excluding hydrogens is 256 g/mol. The summed E-state index contributed by atoms with van der Waals surface area (Å²) in [4.78, 5) is 24.6. The van der Waals surface area contributed by atoms with Crippen LogP contribution in [0.1, 0.15) is 48.9 Å². The van der Waals surface area contributed by atoms with Crippen molar-refractivity contribution in [2.75, 3.05) is 0 Å². The first-order valence-corrected chi connectivity index (χ1v) is 7.25. The van der Waals surface area contributed by atoms with E-state index in [4.69, 9.17) is 0 Å². The van der Waals surface area contributed by atoms with Gasteiger partial charge in [-0.3, -0.25) is 14.9 Å². The van der Waals surface area contributed by atoms with Crippen LogP contribution in [0.2, 0.25) is 0 Å². The maximum atomic E-state index is 12.4. The first-order chi connectivity index (χ1) is 9.68. The first-order valence-electron chi connectivity index (χ1n) is 7.25. The number of nitrogens with zero attached hydrogens (tertiary/aromatic N) is 2. The van der Waals surface area contributed by atoms with E-state index in [1.54, 1.807) is 12.1 Å². The van der Waals surface area contributed by atoms with Crippen LogP contribution in [0.3, 0.4) is 0 Å². The molecule has 3 rings (SSSR count). The molecule has 0 N–H and O–H groups in total. The van der Waals surface area contributed by atoms with E-state index in [1.807, 2.05) is 4.90 Å². The molecule has 0 aromatic heterocycles. The molecule has 1 saturated carbocycles. The van der Waals surface area contributed by atoms with Crippen molar-refractivity contribution >= 4 is 11.6 Å². The summed E-state index contributed by atoms with van der Waals surface area (Å²) in [5, 5.41) is 10.6. The highest BCUT2D eigenvalue weighted by Gasteiger charge is 2.49. The van der Waals surface area contributed by atoms with Gasteiger partial charge >= 0.3 is 0 Å². The third kappa shape index (κ3) is 2.40. The summed E-state index contributed by atoms with van der Waals surface area (Å²) >= 11 is 0. The molecular formula is C15H18N2O3. The zero-order valence-corrected chi connectivity index (χ0v) is 11.3. The highest BCUT2D eigenvalue weighted by Crippen LogP contribution is 2.39. The quantitative estimate of drug-likeness (QED) is 0.473. The van der Waals surface area contributed by atoms with Crippen LogP contribution in [0.4, 0.5) is 5.69 Å². The van der Waals surface area contributed by atoms with Gasteiger partial charge in [-0.25, -0.2) is 0 Å².